The van der Waals surface area contributed by atoms with Crippen LogP contribution in [0.1, 0.15) is 24.5 Å². The van der Waals surface area contributed by atoms with E-state index >= 15 is 0 Å². The van der Waals surface area contributed by atoms with Gasteiger partial charge >= 0.3 is 0 Å². The number of hydrogen-bond acceptors (Lipinski definition) is 3. The van der Waals surface area contributed by atoms with Crippen LogP contribution in [0.15, 0.2) is 24.3 Å². The van der Waals surface area contributed by atoms with Gasteiger partial charge < -0.3 is 10.5 Å². The van der Waals surface area contributed by atoms with Gasteiger partial charge in [-0.05, 0) is 31.0 Å². The van der Waals surface area contributed by atoms with Crippen LogP contribution in [-0.2, 0) is 10.5 Å². The Kier molecular flexibility index (Phi) is 5.12. The SMILES string of the molecule is CC1OCCC1SCc1ccc(C#CCN)cc1. The molecule has 0 aromatic heterocycles. The molecular formula is C15H19NOS. The molecule has 3 heteroatoms. The second-order valence-electron chi connectivity index (χ2n) is 4.42. The van der Waals surface area contributed by atoms with Crippen LogP contribution in [0.2, 0.25) is 0 Å². The molecule has 1 aromatic rings. The van der Waals surface area contributed by atoms with E-state index in [0.29, 0.717) is 17.9 Å². The Labute approximate surface area is 113 Å². The van der Waals surface area contributed by atoms with Crippen LogP contribution in [0.3, 0.4) is 0 Å². The highest BCUT2D eigenvalue weighted by molar-refractivity contribution is 7.99. The van der Waals surface area contributed by atoms with E-state index in [1.807, 2.05) is 11.8 Å². The Hall–Kier alpha value is -0.950. The van der Waals surface area contributed by atoms with Crippen LogP contribution in [0.5, 0.6) is 0 Å². The Morgan fingerprint density at radius 1 is 1.39 bits per heavy atom. The molecule has 1 fully saturated rings. The highest BCUT2D eigenvalue weighted by atomic mass is 32.2. The van der Waals surface area contributed by atoms with E-state index in [0.717, 1.165) is 17.9 Å². The highest BCUT2D eigenvalue weighted by Crippen LogP contribution is 2.28. The van der Waals surface area contributed by atoms with Gasteiger partial charge in [0.05, 0.1) is 12.6 Å². The van der Waals surface area contributed by atoms with E-state index in [2.05, 4.69) is 43.0 Å². The first-order valence-electron chi connectivity index (χ1n) is 6.30. The molecule has 1 aromatic carbocycles. The lowest BCUT2D eigenvalue weighted by Crippen LogP contribution is -2.13. The summed E-state index contributed by atoms with van der Waals surface area (Å²) in [6.45, 7) is 3.49. The van der Waals surface area contributed by atoms with Crippen LogP contribution in [0.4, 0.5) is 0 Å². The fourth-order valence-electron chi connectivity index (χ4n) is 1.97. The summed E-state index contributed by atoms with van der Waals surface area (Å²) < 4.78 is 5.57. The van der Waals surface area contributed by atoms with Gasteiger partial charge in [-0.25, -0.2) is 0 Å². The Morgan fingerprint density at radius 2 is 2.17 bits per heavy atom. The number of ether oxygens (including phenoxy) is 1. The fourth-order valence-corrected chi connectivity index (χ4v) is 3.18. The van der Waals surface area contributed by atoms with Crippen molar-refractivity contribution >= 4 is 11.8 Å². The predicted octanol–water partition coefficient (Wildman–Crippen LogP) is 2.41. The summed E-state index contributed by atoms with van der Waals surface area (Å²) in [4.78, 5) is 0. The molecule has 0 aliphatic carbocycles. The average molecular weight is 261 g/mol. The molecule has 2 unspecified atom stereocenters. The number of hydrogen-bond donors (Lipinski definition) is 1. The normalized spacial score (nSPS) is 22.6. The molecule has 18 heavy (non-hydrogen) atoms. The first-order chi connectivity index (χ1) is 8.79. The highest BCUT2D eigenvalue weighted by Gasteiger charge is 2.24. The smallest absolute Gasteiger partial charge is 0.0666 e. The maximum absolute atomic E-state index is 5.57. The van der Waals surface area contributed by atoms with Crippen molar-refractivity contribution in [2.24, 2.45) is 5.73 Å². The van der Waals surface area contributed by atoms with Gasteiger partial charge in [0.25, 0.3) is 0 Å². The van der Waals surface area contributed by atoms with E-state index in [1.165, 1.54) is 12.0 Å². The van der Waals surface area contributed by atoms with Crippen molar-refractivity contribution in [2.45, 2.75) is 30.5 Å². The lowest BCUT2D eigenvalue weighted by atomic mass is 10.1. The largest absolute Gasteiger partial charge is 0.377 e. The molecule has 1 aliphatic rings. The lowest BCUT2D eigenvalue weighted by molar-refractivity contribution is 0.127. The van der Waals surface area contributed by atoms with E-state index in [4.69, 9.17) is 10.5 Å². The Balaban J connectivity index is 1.86. The second kappa shape index (κ2) is 6.84. The molecule has 1 aliphatic heterocycles. The van der Waals surface area contributed by atoms with Crippen molar-refractivity contribution in [3.05, 3.63) is 35.4 Å². The quantitative estimate of drug-likeness (QED) is 0.849. The van der Waals surface area contributed by atoms with Crippen molar-refractivity contribution in [2.75, 3.05) is 13.2 Å². The van der Waals surface area contributed by atoms with Crippen molar-refractivity contribution in [3.8, 4) is 11.8 Å². The first kappa shape index (κ1) is 13.5. The number of benzene rings is 1. The minimum absolute atomic E-state index is 0.393. The molecule has 2 nitrogen and oxygen atoms in total. The Morgan fingerprint density at radius 3 is 2.78 bits per heavy atom. The number of rotatable bonds is 3. The summed E-state index contributed by atoms with van der Waals surface area (Å²) in [6, 6.07) is 8.42. The Bertz CT molecular complexity index is 432. The molecule has 1 heterocycles. The maximum atomic E-state index is 5.57. The van der Waals surface area contributed by atoms with Crippen LogP contribution in [0.25, 0.3) is 0 Å². The molecular weight excluding hydrogens is 242 g/mol. The van der Waals surface area contributed by atoms with Gasteiger partial charge in [0.2, 0.25) is 0 Å². The van der Waals surface area contributed by atoms with E-state index in [-0.39, 0.29) is 0 Å². The zero-order chi connectivity index (χ0) is 12.8. The summed E-state index contributed by atoms with van der Waals surface area (Å²) in [7, 11) is 0. The van der Waals surface area contributed by atoms with Crippen LogP contribution in [-0.4, -0.2) is 24.5 Å². The molecule has 0 spiro atoms. The summed E-state index contributed by atoms with van der Waals surface area (Å²) in [5, 5.41) is 0.640. The van der Waals surface area contributed by atoms with E-state index < -0.39 is 0 Å². The third-order valence-corrected chi connectivity index (χ3v) is 4.61. The van der Waals surface area contributed by atoms with E-state index in [9.17, 15) is 0 Å². The fraction of sp³-hybridized carbons (Fsp3) is 0.467. The van der Waals surface area contributed by atoms with E-state index in [1.54, 1.807) is 0 Å². The third-order valence-electron chi connectivity index (χ3n) is 3.06. The first-order valence-corrected chi connectivity index (χ1v) is 7.35. The summed E-state index contributed by atoms with van der Waals surface area (Å²) in [5.74, 6) is 6.94. The van der Waals surface area contributed by atoms with Crippen LogP contribution in [0, 0.1) is 11.8 Å². The number of thioether (sulfide) groups is 1. The molecule has 2 rings (SSSR count). The molecule has 2 N–H and O–H groups in total. The molecule has 0 bridgehead atoms. The topological polar surface area (TPSA) is 35.2 Å². The van der Waals surface area contributed by atoms with Crippen molar-refractivity contribution in [3.63, 3.8) is 0 Å². The van der Waals surface area contributed by atoms with Gasteiger partial charge in [0.15, 0.2) is 0 Å². The lowest BCUT2D eigenvalue weighted by Gasteiger charge is -2.13. The molecule has 0 saturated carbocycles. The third kappa shape index (κ3) is 3.78. The number of nitrogens with two attached hydrogens (primary N) is 1. The molecule has 0 amide bonds. The molecule has 1 saturated heterocycles. The predicted molar refractivity (Wildman–Crippen MR) is 77.5 cm³/mol. The van der Waals surface area contributed by atoms with Gasteiger partial charge in [0.1, 0.15) is 0 Å². The van der Waals surface area contributed by atoms with Crippen LogP contribution < -0.4 is 5.73 Å². The van der Waals surface area contributed by atoms with Crippen LogP contribution >= 0.6 is 11.8 Å². The second-order valence-corrected chi connectivity index (χ2v) is 5.64. The summed E-state index contributed by atoms with van der Waals surface area (Å²) in [5.41, 5.74) is 7.73. The zero-order valence-electron chi connectivity index (χ0n) is 10.7. The van der Waals surface area contributed by atoms with Gasteiger partial charge in [-0.15, -0.1) is 0 Å². The van der Waals surface area contributed by atoms with Gasteiger partial charge in [-0.1, -0.05) is 24.0 Å². The molecule has 0 radical (unpaired) electrons. The standard InChI is InChI=1S/C15H19NOS/c1-12-15(8-10-17-12)18-11-14-6-4-13(5-7-14)3-2-9-16/h4-7,12,15H,8-11,16H2,1H3. The summed E-state index contributed by atoms with van der Waals surface area (Å²) in [6.07, 6.45) is 1.57. The average Bonchev–Trinajstić information content (AvgIpc) is 2.81. The van der Waals surface area contributed by atoms with Gasteiger partial charge in [0, 0.05) is 23.2 Å². The minimum Gasteiger partial charge on any atom is -0.377 e. The van der Waals surface area contributed by atoms with Crippen molar-refractivity contribution in [1.29, 1.82) is 0 Å². The van der Waals surface area contributed by atoms with Gasteiger partial charge in [-0.2, -0.15) is 11.8 Å². The summed E-state index contributed by atoms with van der Waals surface area (Å²) >= 11 is 1.99. The molecule has 2 atom stereocenters. The minimum atomic E-state index is 0.393. The maximum Gasteiger partial charge on any atom is 0.0666 e. The molecule has 96 valence electrons. The van der Waals surface area contributed by atoms with Crippen molar-refractivity contribution < 1.29 is 4.74 Å². The monoisotopic (exact) mass is 261 g/mol. The van der Waals surface area contributed by atoms with Crippen molar-refractivity contribution in [1.82, 2.24) is 0 Å². The van der Waals surface area contributed by atoms with Gasteiger partial charge in [-0.3, -0.25) is 0 Å². The zero-order valence-corrected chi connectivity index (χ0v) is 11.5.